The number of hydrogen-bond acceptors (Lipinski definition) is 5. The molecule has 0 atom stereocenters. The standard InChI is InChI=1S/C13H19N5O4/c1-13(2,3)22-12(21)18-5-4-8-7(6-18)9(17-16-8)10(19)15-11(14)20/h4-6H2,1-3H3,(H,16,17)(H3,14,15,19,20). The molecule has 0 radical (unpaired) electrons. The lowest BCUT2D eigenvalue weighted by Gasteiger charge is -2.30. The van der Waals surface area contributed by atoms with Crippen LogP contribution in [0, 0.1) is 0 Å². The highest BCUT2D eigenvalue weighted by Crippen LogP contribution is 2.22. The van der Waals surface area contributed by atoms with Gasteiger partial charge in [0.15, 0.2) is 5.69 Å². The number of rotatable bonds is 1. The van der Waals surface area contributed by atoms with Gasteiger partial charge >= 0.3 is 12.1 Å². The average Bonchev–Trinajstić information content (AvgIpc) is 2.78. The summed E-state index contributed by atoms with van der Waals surface area (Å²) in [7, 11) is 0. The highest BCUT2D eigenvalue weighted by atomic mass is 16.6. The number of carbonyl (C=O) groups is 3. The first-order valence-corrected chi connectivity index (χ1v) is 6.82. The molecule has 4 N–H and O–H groups in total. The lowest BCUT2D eigenvalue weighted by atomic mass is 10.1. The first-order chi connectivity index (χ1) is 10.2. The minimum absolute atomic E-state index is 0.0575. The Morgan fingerprint density at radius 2 is 2.05 bits per heavy atom. The van der Waals surface area contributed by atoms with Crippen molar-refractivity contribution in [2.45, 2.75) is 39.3 Å². The smallest absolute Gasteiger partial charge is 0.410 e. The summed E-state index contributed by atoms with van der Waals surface area (Å²) in [4.78, 5) is 36.2. The second-order valence-electron chi connectivity index (χ2n) is 6.00. The highest BCUT2D eigenvalue weighted by Gasteiger charge is 2.30. The van der Waals surface area contributed by atoms with E-state index >= 15 is 0 Å². The number of ether oxygens (including phenoxy) is 1. The number of nitrogens with two attached hydrogens (primary N) is 1. The van der Waals surface area contributed by atoms with Gasteiger partial charge in [0, 0.05) is 24.2 Å². The second-order valence-corrected chi connectivity index (χ2v) is 6.00. The molecule has 0 aliphatic carbocycles. The van der Waals surface area contributed by atoms with Crippen LogP contribution in [0.3, 0.4) is 0 Å². The number of nitrogens with one attached hydrogen (secondary N) is 2. The van der Waals surface area contributed by atoms with Crippen molar-refractivity contribution in [2.75, 3.05) is 6.54 Å². The number of primary amides is 1. The summed E-state index contributed by atoms with van der Waals surface area (Å²) in [6.45, 7) is 5.99. The Kier molecular flexibility index (Phi) is 4.07. The van der Waals surface area contributed by atoms with Crippen LogP contribution in [-0.4, -0.2) is 45.3 Å². The van der Waals surface area contributed by atoms with E-state index in [1.807, 2.05) is 5.32 Å². The molecule has 0 unspecified atom stereocenters. The summed E-state index contributed by atoms with van der Waals surface area (Å²) in [6, 6.07) is -0.957. The number of amides is 4. The fraction of sp³-hybridized carbons (Fsp3) is 0.538. The quantitative estimate of drug-likeness (QED) is 0.695. The summed E-state index contributed by atoms with van der Waals surface area (Å²) >= 11 is 0. The van der Waals surface area contributed by atoms with Crippen LogP contribution in [-0.2, 0) is 17.7 Å². The first kappa shape index (κ1) is 15.8. The lowest BCUT2D eigenvalue weighted by molar-refractivity contribution is 0.0222. The normalized spacial score (nSPS) is 14.2. The Morgan fingerprint density at radius 3 is 2.64 bits per heavy atom. The third kappa shape index (κ3) is 3.54. The van der Waals surface area contributed by atoms with Crippen molar-refractivity contribution in [3.05, 3.63) is 17.0 Å². The van der Waals surface area contributed by atoms with Gasteiger partial charge in [-0.3, -0.25) is 15.2 Å². The molecular weight excluding hydrogens is 290 g/mol. The summed E-state index contributed by atoms with van der Waals surface area (Å²) in [5.41, 5.74) is 5.71. The zero-order chi connectivity index (χ0) is 16.5. The Balaban J connectivity index is 2.15. The van der Waals surface area contributed by atoms with Gasteiger partial charge in [-0.1, -0.05) is 0 Å². The Bertz CT molecular complexity index is 616. The fourth-order valence-corrected chi connectivity index (χ4v) is 2.14. The monoisotopic (exact) mass is 309 g/mol. The number of aromatic amines is 1. The van der Waals surface area contributed by atoms with Crippen LogP contribution in [0.5, 0.6) is 0 Å². The predicted octanol–water partition coefficient (Wildman–Crippen LogP) is 0.511. The summed E-state index contributed by atoms with van der Waals surface area (Å²) in [5, 5.41) is 8.60. The van der Waals surface area contributed by atoms with Crippen LogP contribution in [0.2, 0.25) is 0 Å². The van der Waals surface area contributed by atoms with Crippen molar-refractivity contribution in [3.8, 4) is 0 Å². The molecule has 0 bridgehead atoms. The van der Waals surface area contributed by atoms with E-state index in [2.05, 4.69) is 10.2 Å². The number of carbonyl (C=O) groups excluding carboxylic acids is 3. The van der Waals surface area contributed by atoms with Crippen molar-refractivity contribution in [2.24, 2.45) is 5.73 Å². The third-order valence-corrected chi connectivity index (χ3v) is 3.04. The molecule has 0 spiro atoms. The van der Waals surface area contributed by atoms with Gasteiger partial charge in [0.05, 0.1) is 6.54 Å². The maximum Gasteiger partial charge on any atom is 0.410 e. The summed E-state index contributed by atoms with van der Waals surface area (Å²) in [5.74, 6) is -0.698. The van der Waals surface area contributed by atoms with E-state index in [4.69, 9.17) is 10.5 Å². The van der Waals surface area contributed by atoms with Crippen LogP contribution in [0.25, 0.3) is 0 Å². The van der Waals surface area contributed by atoms with E-state index in [1.165, 1.54) is 4.90 Å². The number of nitrogens with zero attached hydrogens (tertiary/aromatic N) is 2. The van der Waals surface area contributed by atoms with E-state index in [-0.39, 0.29) is 12.2 Å². The van der Waals surface area contributed by atoms with Crippen molar-refractivity contribution < 1.29 is 19.1 Å². The lowest BCUT2D eigenvalue weighted by Crippen LogP contribution is -2.41. The van der Waals surface area contributed by atoms with Gasteiger partial charge in [-0.15, -0.1) is 0 Å². The number of imide groups is 1. The molecule has 9 heteroatoms. The topological polar surface area (TPSA) is 130 Å². The van der Waals surface area contributed by atoms with Gasteiger partial charge in [0.1, 0.15) is 5.60 Å². The number of urea groups is 1. The van der Waals surface area contributed by atoms with Gasteiger partial charge in [0.2, 0.25) is 0 Å². The maximum atomic E-state index is 12.1. The van der Waals surface area contributed by atoms with Crippen LogP contribution < -0.4 is 11.1 Å². The van der Waals surface area contributed by atoms with Crippen LogP contribution in [0.15, 0.2) is 0 Å². The largest absolute Gasteiger partial charge is 0.444 e. The fourth-order valence-electron chi connectivity index (χ4n) is 2.14. The Morgan fingerprint density at radius 1 is 1.36 bits per heavy atom. The van der Waals surface area contributed by atoms with E-state index in [9.17, 15) is 14.4 Å². The molecule has 120 valence electrons. The first-order valence-electron chi connectivity index (χ1n) is 6.82. The molecule has 2 rings (SSSR count). The number of fused-ring (bicyclic) bond motifs is 1. The highest BCUT2D eigenvalue weighted by molar-refractivity contribution is 6.03. The number of hydrogen-bond donors (Lipinski definition) is 3. The van der Waals surface area contributed by atoms with Crippen LogP contribution in [0.1, 0.15) is 42.5 Å². The van der Waals surface area contributed by atoms with Crippen LogP contribution >= 0.6 is 0 Å². The molecule has 4 amide bonds. The SMILES string of the molecule is CC(C)(C)OC(=O)N1CCc2[nH]nc(C(=O)NC(N)=O)c2C1. The van der Waals surface area contributed by atoms with Crippen LogP contribution in [0.4, 0.5) is 9.59 Å². The summed E-state index contributed by atoms with van der Waals surface area (Å²) < 4.78 is 5.32. The van der Waals surface area contributed by atoms with Gasteiger partial charge in [-0.25, -0.2) is 9.59 Å². The molecule has 0 saturated carbocycles. The third-order valence-electron chi connectivity index (χ3n) is 3.04. The van der Waals surface area contributed by atoms with Crippen molar-refractivity contribution in [3.63, 3.8) is 0 Å². The Hall–Kier alpha value is -2.58. The second kappa shape index (κ2) is 5.66. The molecule has 2 heterocycles. The molecule has 1 aromatic rings. The molecule has 0 saturated heterocycles. The molecule has 9 nitrogen and oxygen atoms in total. The van der Waals surface area contributed by atoms with Gasteiger partial charge in [-0.05, 0) is 20.8 Å². The Labute approximate surface area is 127 Å². The molecule has 0 fully saturated rings. The van der Waals surface area contributed by atoms with Gasteiger partial charge in [-0.2, -0.15) is 5.10 Å². The number of aromatic nitrogens is 2. The molecule has 1 aliphatic rings. The average molecular weight is 309 g/mol. The zero-order valence-electron chi connectivity index (χ0n) is 12.7. The zero-order valence-corrected chi connectivity index (χ0v) is 12.7. The van der Waals surface area contributed by atoms with Gasteiger partial charge in [0.25, 0.3) is 5.91 Å². The predicted molar refractivity (Wildman–Crippen MR) is 76.0 cm³/mol. The van der Waals surface area contributed by atoms with E-state index in [0.717, 1.165) is 5.69 Å². The molecule has 0 aromatic carbocycles. The van der Waals surface area contributed by atoms with Crippen molar-refractivity contribution >= 4 is 18.0 Å². The van der Waals surface area contributed by atoms with E-state index in [0.29, 0.717) is 18.5 Å². The minimum Gasteiger partial charge on any atom is -0.444 e. The molecule has 1 aliphatic heterocycles. The minimum atomic E-state index is -0.957. The van der Waals surface area contributed by atoms with Gasteiger partial charge < -0.3 is 15.4 Å². The summed E-state index contributed by atoms with van der Waals surface area (Å²) in [6.07, 6.45) is 0.0615. The van der Waals surface area contributed by atoms with Crippen molar-refractivity contribution in [1.82, 2.24) is 20.4 Å². The van der Waals surface area contributed by atoms with E-state index < -0.39 is 23.6 Å². The molecule has 22 heavy (non-hydrogen) atoms. The molecule has 1 aromatic heterocycles. The number of H-pyrrole nitrogens is 1. The van der Waals surface area contributed by atoms with E-state index in [1.54, 1.807) is 20.8 Å². The maximum absolute atomic E-state index is 12.1. The molecular formula is C13H19N5O4. The van der Waals surface area contributed by atoms with Crippen molar-refractivity contribution in [1.29, 1.82) is 0 Å².